The lowest BCUT2D eigenvalue weighted by molar-refractivity contribution is 0.0396. The van der Waals surface area contributed by atoms with Gasteiger partial charge in [-0.1, -0.05) is 30.3 Å². The molecule has 0 radical (unpaired) electrons. The number of piperidine rings is 1. The number of likely N-dealkylation sites (tertiary alicyclic amines) is 1. The highest BCUT2D eigenvalue weighted by molar-refractivity contribution is 5.14. The van der Waals surface area contributed by atoms with Crippen molar-refractivity contribution in [3.8, 4) is 0 Å². The molecule has 1 aromatic carbocycles. The third-order valence-electron chi connectivity index (χ3n) is 5.45. The molecule has 1 heterocycles. The maximum Gasteiger partial charge on any atom is 0.0353 e. The van der Waals surface area contributed by atoms with E-state index in [4.69, 9.17) is 5.73 Å². The summed E-state index contributed by atoms with van der Waals surface area (Å²) < 4.78 is 0. The molecule has 0 spiro atoms. The lowest BCUT2D eigenvalue weighted by Crippen LogP contribution is -2.58. The Morgan fingerprint density at radius 2 is 1.86 bits per heavy atom. The molecular weight excluding hydrogens is 258 g/mol. The van der Waals surface area contributed by atoms with Crippen LogP contribution in [0.1, 0.15) is 31.2 Å². The van der Waals surface area contributed by atoms with Crippen LogP contribution in [-0.4, -0.2) is 48.6 Å². The minimum absolute atomic E-state index is 0.246. The van der Waals surface area contributed by atoms with Crippen LogP contribution in [0.3, 0.4) is 0 Å². The molecule has 0 bridgehead atoms. The molecule has 2 N–H and O–H groups in total. The molecule has 1 aromatic rings. The highest BCUT2D eigenvalue weighted by Crippen LogP contribution is 2.34. The standard InChI is InChI=1S/C18H29N3/c1-20(13-17-7-8-17)18(15-19)9-11-21(12-10-18)14-16-5-3-2-4-6-16/h2-6,17H,7-15,19H2,1H3. The lowest BCUT2D eigenvalue weighted by Gasteiger charge is -2.47. The highest BCUT2D eigenvalue weighted by atomic mass is 15.2. The van der Waals surface area contributed by atoms with E-state index >= 15 is 0 Å². The van der Waals surface area contributed by atoms with Crippen molar-refractivity contribution in [2.45, 2.75) is 37.8 Å². The Hall–Kier alpha value is -0.900. The van der Waals surface area contributed by atoms with Gasteiger partial charge in [0.15, 0.2) is 0 Å². The number of nitrogens with zero attached hydrogens (tertiary/aromatic N) is 2. The lowest BCUT2D eigenvalue weighted by atomic mass is 9.85. The first-order valence-electron chi connectivity index (χ1n) is 8.39. The van der Waals surface area contributed by atoms with E-state index in [9.17, 15) is 0 Å². The average molecular weight is 287 g/mol. The van der Waals surface area contributed by atoms with Gasteiger partial charge in [-0.2, -0.15) is 0 Å². The van der Waals surface area contributed by atoms with Crippen LogP contribution in [0.4, 0.5) is 0 Å². The van der Waals surface area contributed by atoms with Gasteiger partial charge in [0, 0.05) is 38.3 Å². The summed E-state index contributed by atoms with van der Waals surface area (Å²) in [6, 6.07) is 10.8. The molecule has 21 heavy (non-hydrogen) atoms. The summed E-state index contributed by atoms with van der Waals surface area (Å²) in [4.78, 5) is 5.15. The summed E-state index contributed by atoms with van der Waals surface area (Å²) in [7, 11) is 2.29. The van der Waals surface area contributed by atoms with Gasteiger partial charge in [-0.3, -0.25) is 9.80 Å². The van der Waals surface area contributed by atoms with Crippen molar-refractivity contribution in [3.63, 3.8) is 0 Å². The van der Waals surface area contributed by atoms with Crippen molar-refractivity contribution in [2.75, 3.05) is 33.2 Å². The fraction of sp³-hybridized carbons (Fsp3) is 0.667. The molecular formula is C18H29N3. The predicted molar refractivity (Wildman–Crippen MR) is 88.1 cm³/mol. The van der Waals surface area contributed by atoms with Crippen molar-refractivity contribution >= 4 is 0 Å². The van der Waals surface area contributed by atoms with E-state index < -0.39 is 0 Å². The second-order valence-electron chi connectivity index (χ2n) is 7.01. The van der Waals surface area contributed by atoms with Gasteiger partial charge < -0.3 is 5.73 Å². The first kappa shape index (κ1) is 15.0. The molecule has 0 unspecified atom stereocenters. The van der Waals surface area contributed by atoms with Gasteiger partial charge >= 0.3 is 0 Å². The Balaban J connectivity index is 1.54. The van der Waals surface area contributed by atoms with Crippen LogP contribution < -0.4 is 5.73 Å². The number of rotatable bonds is 6. The quantitative estimate of drug-likeness (QED) is 0.871. The van der Waals surface area contributed by atoms with Gasteiger partial charge in [0.25, 0.3) is 0 Å². The van der Waals surface area contributed by atoms with E-state index in [1.807, 2.05) is 0 Å². The minimum Gasteiger partial charge on any atom is -0.329 e. The smallest absolute Gasteiger partial charge is 0.0353 e. The molecule has 116 valence electrons. The Kier molecular flexibility index (Phi) is 4.63. The van der Waals surface area contributed by atoms with E-state index in [-0.39, 0.29) is 5.54 Å². The first-order valence-corrected chi connectivity index (χ1v) is 8.39. The maximum absolute atomic E-state index is 6.17. The monoisotopic (exact) mass is 287 g/mol. The Morgan fingerprint density at radius 1 is 1.19 bits per heavy atom. The molecule has 0 atom stereocenters. The molecule has 1 saturated heterocycles. The summed E-state index contributed by atoms with van der Waals surface area (Å²) in [5, 5.41) is 0. The van der Waals surface area contributed by atoms with E-state index in [1.54, 1.807) is 0 Å². The molecule has 2 fully saturated rings. The topological polar surface area (TPSA) is 32.5 Å². The molecule has 0 amide bonds. The van der Waals surface area contributed by atoms with Crippen LogP contribution in [0.2, 0.25) is 0 Å². The number of likely N-dealkylation sites (N-methyl/N-ethyl adjacent to an activating group) is 1. The third-order valence-corrected chi connectivity index (χ3v) is 5.45. The zero-order valence-electron chi connectivity index (χ0n) is 13.3. The normalized spacial score (nSPS) is 22.6. The molecule has 3 heteroatoms. The van der Waals surface area contributed by atoms with Crippen LogP contribution >= 0.6 is 0 Å². The van der Waals surface area contributed by atoms with Crippen molar-refractivity contribution in [1.29, 1.82) is 0 Å². The summed E-state index contributed by atoms with van der Waals surface area (Å²) in [6.07, 6.45) is 5.26. The molecule has 1 aliphatic carbocycles. The van der Waals surface area contributed by atoms with Crippen molar-refractivity contribution in [2.24, 2.45) is 11.7 Å². The van der Waals surface area contributed by atoms with Crippen LogP contribution in [0.5, 0.6) is 0 Å². The second kappa shape index (κ2) is 6.47. The zero-order valence-corrected chi connectivity index (χ0v) is 13.3. The molecule has 3 nitrogen and oxygen atoms in total. The summed E-state index contributed by atoms with van der Waals surface area (Å²) in [5.41, 5.74) is 7.84. The van der Waals surface area contributed by atoms with Crippen molar-refractivity contribution < 1.29 is 0 Å². The van der Waals surface area contributed by atoms with Gasteiger partial charge in [-0.25, -0.2) is 0 Å². The Bertz CT molecular complexity index is 433. The van der Waals surface area contributed by atoms with Gasteiger partial charge in [-0.15, -0.1) is 0 Å². The number of hydrogen-bond donors (Lipinski definition) is 1. The van der Waals surface area contributed by atoms with E-state index in [0.717, 1.165) is 19.0 Å². The van der Waals surface area contributed by atoms with Gasteiger partial charge in [-0.05, 0) is 44.2 Å². The van der Waals surface area contributed by atoms with Crippen LogP contribution in [0, 0.1) is 5.92 Å². The third kappa shape index (κ3) is 3.65. The largest absolute Gasteiger partial charge is 0.329 e. The fourth-order valence-corrected chi connectivity index (χ4v) is 3.59. The molecule has 3 rings (SSSR count). The number of benzene rings is 1. The van der Waals surface area contributed by atoms with E-state index in [1.165, 1.54) is 50.9 Å². The summed E-state index contributed by atoms with van der Waals surface area (Å²) >= 11 is 0. The Labute approximate surface area is 129 Å². The van der Waals surface area contributed by atoms with Crippen molar-refractivity contribution in [3.05, 3.63) is 35.9 Å². The number of nitrogens with two attached hydrogens (primary N) is 1. The minimum atomic E-state index is 0.246. The number of hydrogen-bond acceptors (Lipinski definition) is 3. The maximum atomic E-state index is 6.17. The zero-order chi connectivity index (χ0) is 14.7. The average Bonchev–Trinajstić information content (AvgIpc) is 3.33. The molecule has 1 saturated carbocycles. The SMILES string of the molecule is CN(CC1CC1)C1(CN)CCN(Cc2ccccc2)CC1. The van der Waals surface area contributed by atoms with E-state index in [0.29, 0.717) is 0 Å². The van der Waals surface area contributed by atoms with E-state index in [2.05, 4.69) is 47.2 Å². The Morgan fingerprint density at radius 3 is 2.43 bits per heavy atom. The van der Waals surface area contributed by atoms with Gasteiger partial charge in [0.1, 0.15) is 0 Å². The van der Waals surface area contributed by atoms with Gasteiger partial charge in [0.2, 0.25) is 0 Å². The van der Waals surface area contributed by atoms with Gasteiger partial charge in [0.05, 0.1) is 0 Å². The molecule has 0 aromatic heterocycles. The predicted octanol–water partition coefficient (Wildman–Crippen LogP) is 2.32. The van der Waals surface area contributed by atoms with Crippen molar-refractivity contribution in [1.82, 2.24) is 9.80 Å². The van der Waals surface area contributed by atoms with Crippen LogP contribution in [-0.2, 0) is 6.54 Å². The highest BCUT2D eigenvalue weighted by Gasteiger charge is 2.38. The molecule has 1 aliphatic heterocycles. The summed E-state index contributed by atoms with van der Waals surface area (Å²) in [5.74, 6) is 0.945. The second-order valence-corrected chi connectivity index (χ2v) is 7.01. The summed E-state index contributed by atoms with van der Waals surface area (Å²) in [6.45, 7) is 5.46. The first-order chi connectivity index (χ1) is 10.2. The fourth-order valence-electron chi connectivity index (χ4n) is 3.59. The molecule has 2 aliphatic rings. The van der Waals surface area contributed by atoms with Crippen LogP contribution in [0.25, 0.3) is 0 Å². The van der Waals surface area contributed by atoms with Crippen LogP contribution in [0.15, 0.2) is 30.3 Å².